The van der Waals surface area contributed by atoms with Crippen LogP contribution in [0.1, 0.15) is 92.3 Å². The molecule has 5 aliphatic heterocycles. The van der Waals surface area contributed by atoms with Gasteiger partial charge in [-0.25, -0.2) is 41.4 Å². The number of carbonyl (C=O) groups is 4. The van der Waals surface area contributed by atoms with E-state index in [0.717, 1.165) is 97.1 Å². The molecular formula is C66H67F6N11O6S3. The lowest BCUT2D eigenvalue weighted by Crippen LogP contribution is -2.51. The number of fused-ring (bicyclic) bond motifs is 6. The highest BCUT2D eigenvalue weighted by atomic mass is 32.2. The molecule has 0 bridgehead atoms. The molecule has 482 valence electrons. The van der Waals surface area contributed by atoms with Gasteiger partial charge in [0.05, 0.1) is 13.2 Å². The quantitative estimate of drug-likeness (QED) is 0.0593. The second kappa shape index (κ2) is 27.9. The van der Waals surface area contributed by atoms with Gasteiger partial charge in [0, 0.05) is 80.4 Å². The number of hydrogen-bond acceptors (Lipinski definition) is 14. The molecule has 1 aliphatic carbocycles. The Hall–Kier alpha value is -8.33. The van der Waals surface area contributed by atoms with Gasteiger partial charge in [0.25, 0.3) is 0 Å². The summed E-state index contributed by atoms with van der Waals surface area (Å²) in [4.78, 5) is 53.0. The van der Waals surface area contributed by atoms with Gasteiger partial charge in [0.15, 0.2) is 15.7 Å². The zero-order chi connectivity index (χ0) is 65.8. The van der Waals surface area contributed by atoms with Crippen LogP contribution < -0.4 is 26.3 Å². The topological polar surface area (TPSA) is 213 Å². The van der Waals surface area contributed by atoms with Gasteiger partial charge in [-0.2, -0.15) is 15.3 Å². The molecule has 12 rings (SSSR count). The average molecular weight is 1320 g/mol. The molecule has 6 unspecified atom stereocenters. The number of aliphatic imine (C=N–C) groups is 1. The van der Waals surface area contributed by atoms with Gasteiger partial charge < -0.3 is 31.2 Å². The summed E-state index contributed by atoms with van der Waals surface area (Å²) in [5, 5.41) is 21.2. The number of benzene rings is 6. The van der Waals surface area contributed by atoms with E-state index in [0.29, 0.717) is 42.5 Å². The Morgan fingerprint density at radius 3 is 1.38 bits per heavy atom. The third-order valence-corrected chi connectivity index (χ3v) is 21.1. The van der Waals surface area contributed by atoms with Crippen LogP contribution in [0.25, 0.3) is 0 Å². The van der Waals surface area contributed by atoms with Crippen LogP contribution in [-0.2, 0) is 40.2 Å². The fourth-order valence-corrected chi connectivity index (χ4v) is 17.2. The van der Waals surface area contributed by atoms with E-state index in [1.807, 2.05) is 74.8 Å². The largest absolute Gasteiger partial charge is 0.493 e. The minimum atomic E-state index is -1.01. The number of aryl methyl sites for hydroxylation is 1. The highest BCUT2D eigenvalue weighted by Crippen LogP contribution is 2.60. The van der Waals surface area contributed by atoms with Crippen LogP contribution in [0.4, 0.5) is 26.3 Å². The maximum absolute atomic E-state index is 14.6. The average Bonchev–Trinajstić information content (AvgIpc) is 1.52. The van der Waals surface area contributed by atoms with Crippen molar-refractivity contribution in [1.29, 1.82) is 0 Å². The number of carbonyl (C=O) groups excluding carboxylic acids is 4. The summed E-state index contributed by atoms with van der Waals surface area (Å²) in [6.07, 6.45) is 3.67. The van der Waals surface area contributed by atoms with Gasteiger partial charge in [-0.1, -0.05) is 95.9 Å². The fourth-order valence-electron chi connectivity index (χ4n) is 12.4. The molecule has 6 aromatic carbocycles. The number of hydrogen-bond donors (Lipinski definition) is 3. The first-order chi connectivity index (χ1) is 44.0. The molecule has 0 aromatic heterocycles. The summed E-state index contributed by atoms with van der Waals surface area (Å²) >= 11 is 3.80. The molecule has 0 fully saturated rings. The summed E-state index contributed by atoms with van der Waals surface area (Å²) in [6, 6.07) is 32.4. The van der Waals surface area contributed by atoms with Crippen molar-refractivity contribution in [3.63, 3.8) is 0 Å². The first kappa shape index (κ1) is 66.6. The van der Waals surface area contributed by atoms with Crippen molar-refractivity contribution in [2.45, 2.75) is 74.4 Å². The fraction of sp³-hybridized carbons (Fsp3) is 0.333. The van der Waals surface area contributed by atoms with Crippen molar-refractivity contribution in [3.05, 3.63) is 201 Å². The number of rotatable bonds is 12. The Balaban J connectivity index is 0.000000151. The number of amides is 4. The van der Waals surface area contributed by atoms with Crippen molar-refractivity contribution >= 4 is 80.0 Å². The third-order valence-electron chi connectivity index (χ3n) is 16.5. The van der Waals surface area contributed by atoms with Gasteiger partial charge in [0.2, 0.25) is 23.6 Å². The van der Waals surface area contributed by atoms with Crippen molar-refractivity contribution < 1.29 is 55.0 Å². The number of nitrogens with one attached hydrogen (secondary N) is 1. The van der Waals surface area contributed by atoms with E-state index >= 15 is 0 Å². The van der Waals surface area contributed by atoms with Crippen LogP contribution in [0, 0.1) is 52.7 Å². The summed E-state index contributed by atoms with van der Waals surface area (Å²) in [5.41, 5.74) is 14.7. The van der Waals surface area contributed by atoms with Crippen molar-refractivity contribution in [1.82, 2.24) is 25.2 Å². The molecule has 4 amide bonds. The number of para-hydroxylation sites is 2. The summed E-state index contributed by atoms with van der Waals surface area (Å²) < 4.78 is 97.2. The second-order valence-corrected chi connectivity index (χ2v) is 26.5. The standard InChI is InChI=1S/C23H25F2N3OS.C22H21F2N3O3S.C21H21F2N5O2S/c1-15(29)28-23(30-22(26-28)19-14-18(24)10-11-21(19)25)17(12-13-27(2)3)9-8-16-6-4-5-7-20(16)23;1-13(28)25-10-9-15-12-30-20-6-4-3-5-18(20)22(15)27(14(2)29)26-21(31-22)17-11-16(23)7-8-19(17)24;1-12(29)28-21(31-19(27-28)15-10-14(22)6-7-17(15)23)13(8-9-26-20(24)25)11-30-18-5-3-2-4-16(18)21/h4-7,10-11,14,17H,8-9,12-13H2,1-3H3;3-8,11,15H,9-10,12H2,1-2H3,(H,25,28);2-7,10,13H,8-9,11H2,1H3,(H4,24,25,26). The van der Waals surface area contributed by atoms with Crippen LogP contribution >= 0.6 is 35.3 Å². The first-order valence-electron chi connectivity index (χ1n) is 29.6. The SMILES string of the molecule is CC(=O)N1N=C(c2cc(F)ccc2F)SC12c1ccccc1CCC2CCN(C)C.CC(=O)N1N=C(c2cc(F)ccc2F)SC12c1ccccc1OCC2CCN=C(N)N.CC(=O)NCCC1COc2ccccc2C12SC(c1cc(F)ccc1F)=NN2C(C)=O. The third kappa shape index (κ3) is 13.2. The molecule has 5 heterocycles. The maximum atomic E-state index is 14.6. The van der Waals surface area contributed by atoms with Gasteiger partial charge in [-0.15, -0.1) is 0 Å². The Bertz CT molecular complexity index is 3970. The lowest BCUT2D eigenvalue weighted by Gasteiger charge is -2.46. The van der Waals surface area contributed by atoms with Crippen LogP contribution in [0.3, 0.4) is 0 Å². The molecule has 3 spiro atoms. The monoisotopic (exact) mass is 1320 g/mol. The normalized spacial score (nSPS) is 22.3. The van der Waals surface area contributed by atoms with Crippen LogP contribution in [-0.4, -0.2) is 112 Å². The van der Waals surface area contributed by atoms with E-state index in [2.05, 4.69) is 36.6 Å². The summed E-state index contributed by atoms with van der Waals surface area (Å²) in [5.74, 6) is -3.76. The van der Waals surface area contributed by atoms with E-state index in [9.17, 15) is 45.5 Å². The van der Waals surface area contributed by atoms with Crippen molar-refractivity contribution in [2.75, 3.05) is 46.9 Å². The number of ether oxygens (including phenoxy) is 2. The minimum Gasteiger partial charge on any atom is -0.493 e. The molecule has 17 nitrogen and oxygen atoms in total. The zero-order valence-electron chi connectivity index (χ0n) is 51.1. The number of hydrazone groups is 3. The second-order valence-electron chi connectivity index (χ2n) is 22.8. The molecule has 5 N–H and O–H groups in total. The molecular weight excluding hydrogens is 1250 g/mol. The minimum absolute atomic E-state index is 0.0000661. The molecule has 6 aliphatic rings. The van der Waals surface area contributed by atoms with Crippen molar-refractivity contribution in [3.8, 4) is 11.5 Å². The maximum Gasteiger partial charge on any atom is 0.241 e. The first-order valence-corrected chi connectivity index (χ1v) is 32.0. The Morgan fingerprint density at radius 2 is 0.967 bits per heavy atom. The van der Waals surface area contributed by atoms with Crippen LogP contribution in [0.15, 0.2) is 148 Å². The molecule has 6 atom stereocenters. The Kier molecular flexibility index (Phi) is 20.2. The van der Waals surface area contributed by atoms with E-state index in [-0.39, 0.29) is 87.3 Å². The number of nitrogens with two attached hydrogens (primary N) is 2. The highest BCUT2D eigenvalue weighted by Gasteiger charge is 2.59. The Labute approximate surface area is 541 Å². The number of halogens is 6. The van der Waals surface area contributed by atoms with Crippen LogP contribution in [0.5, 0.6) is 11.5 Å². The van der Waals surface area contributed by atoms with Crippen molar-refractivity contribution in [2.24, 2.45) is 49.5 Å². The zero-order valence-corrected chi connectivity index (χ0v) is 53.6. The van der Waals surface area contributed by atoms with Gasteiger partial charge >= 0.3 is 0 Å². The summed E-state index contributed by atoms with van der Waals surface area (Å²) in [7, 11) is 4.05. The number of guanidine groups is 1. The van der Waals surface area contributed by atoms with E-state index in [1.54, 1.807) is 6.07 Å². The molecule has 26 heteroatoms. The lowest BCUT2D eigenvalue weighted by molar-refractivity contribution is -0.135. The van der Waals surface area contributed by atoms with Gasteiger partial charge in [-0.05, 0) is 137 Å². The van der Waals surface area contributed by atoms with E-state index < -0.39 is 49.5 Å². The molecule has 6 aromatic rings. The van der Waals surface area contributed by atoms with Gasteiger partial charge in [-0.3, -0.25) is 24.2 Å². The number of nitrogens with zero attached hydrogens (tertiary/aromatic N) is 8. The number of thioether (sulfide) groups is 3. The predicted octanol–water partition coefficient (Wildman–Crippen LogP) is 10.9. The Morgan fingerprint density at radius 1 is 0.565 bits per heavy atom. The lowest BCUT2D eigenvalue weighted by atomic mass is 9.77. The molecule has 0 saturated carbocycles. The summed E-state index contributed by atoms with van der Waals surface area (Å²) in [6.45, 7) is 7.81. The molecule has 0 saturated heterocycles. The van der Waals surface area contributed by atoms with Crippen LogP contribution in [0.2, 0.25) is 0 Å². The molecule has 0 radical (unpaired) electrons. The highest BCUT2D eigenvalue weighted by molar-refractivity contribution is 8.16. The van der Waals surface area contributed by atoms with Gasteiger partial charge in [0.1, 0.15) is 66.4 Å². The smallest absolute Gasteiger partial charge is 0.241 e. The van der Waals surface area contributed by atoms with E-state index in [4.69, 9.17) is 20.9 Å². The predicted molar refractivity (Wildman–Crippen MR) is 345 cm³/mol. The van der Waals surface area contributed by atoms with E-state index in [1.165, 1.54) is 83.6 Å². The molecule has 92 heavy (non-hydrogen) atoms.